The summed E-state index contributed by atoms with van der Waals surface area (Å²) in [6, 6.07) is 16.4. The molecule has 0 unspecified atom stereocenters. The highest BCUT2D eigenvalue weighted by Crippen LogP contribution is 2.44. The van der Waals surface area contributed by atoms with Crippen molar-refractivity contribution in [2.45, 2.75) is 50.0 Å². The Kier molecular flexibility index (Phi) is 6.44. The Labute approximate surface area is 187 Å². The molecule has 168 valence electrons. The summed E-state index contributed by atoms with van der Waals surface area (Å²) in [5.74, 6) is -1.20. The van der Waals surface area contributed by atoms with Gasteiger partial charge in [-0.25, -0.2) is 9.59 Å². The normalized spacial score (nSPS) is 15.8. The first kappa shape index (κ1) is 21.9. The second kappa shape index (κ2) is 9.42. The zero-order chi connectivity index (χ0) is 22.6. The average molecular weight is 437 g/mol. The number of amides is 2. The van der Waals surface area contributed by atoms with Crippen molar-refractivity contribution in [3.05, 3.63) is 59.7 Å². The molecule has 0 heterocycles. The molecular formula is C25H28N2O5. The molecule has 0 radical (unpaired) electrons. The first-order valence-electron chi connectivity index (χ1n) is 11.1. The highest BCUT2D eigenvalue weighted by Gasteiger charge is 2.45. The van der Waals surface area contributed by atoms with Gasteiger partial charge in [0.2, 0.25) is 5.91 Å². The van der Waals surface area contributed by atoms with Crippen LogP contribution in [0.2, 0.25) is 0 Å². The van der Waals surface area contributed by atoms with E-state index in [2.05, 4.69) is 34.9 Å². The Bertz CT molecular complexity index is 969. The fourth-order valence-electron chi connectivity index (χ4n) is 4.50. The summed E-state index contributed by atoms with van der Waals surface area (Å²) in [7, 11) is 0. The van der Waals surface area contributed by atoms with Crippen molar-refractivity contribution >= 4 is 18.0 Å². The molecule has 0 aliphatic heterocycles. The first-order chi connectivity index (χ1) is 15.5. The monoisotopic (exact) mass is 436 g/mol. The molecule has 0 aromatic heterocycles. The molecule has 0 bridgehead atoms. The van der Waals surface area contributed by atoms with Gasteiger partial charge in [-0.2, -0.15) is 0 Å². The predicted molar refractivity (Wildman–Crippen MR) is 119 cm³/mol. The number of unbranched alkanes of at least 4 members (excludes halogenated alkanes) is 1. The van der Waals surface area contributed by atoms with Gasteiger partial charge in [-0.15, -0.1) is 0 Å². The molecule has 2 aliphatic rings. The highest BCUT2D eigenvalue weighted by molar-refractivity contribution is 5.87. The van der Waals surface area contributed by atoms with Gasteiger partial charge in [0.15, 0.2) is 0 Å². The minimum atomic E-state index is -1.07. The molecule has 2 amide bonds. The number of carboxylic acids is 1. The van der Waals surface area contributed by atoms with Crippen LogP contribution in [0.4, 0.5) is 4.79 Å². The minimum absolute atomic E-state index is 0.0184. The zero-order valence-electron chi connectivity index (χ0n) is 17.9. The number of hydrogen-bond donors (Lipinski definition) is 3. The average Bonchev–Trinajstić information content (AvgIpc) is 3.08. The number of ether oxygens (including phenoxy) is 1. The summed E-state index contributed by atoms with van der Waals surface area (Å²) in [6.45, 7) is 0.660. The predicted octanol–water partition coefficient (Wildman–Crippen LogP) is 3.82. The summed E-state index contributed by atoms with van der Waals surface area (Å²) in [4.78, 5) is 35.5. The number of fused-ring (bicyclic) bond motifs is 3. The second-order valence-corrected chi connectivity index (χ2v) is 8.50. The van der Waals surface area contributed by atoms with Gasteiger partial charge < -0.3 is 20.5 Å². The van der Waals surface area contributed by atoms with E-state index in [4.69, 9.17) is 4.74 Å². The molecule has 2 aliphatic carbocycles. The van der Waals surface area contributed by atoms with Crippen molar-refractivity contribution in [2.24, 2.45) is 0 Å². The summed E-state index contributed by atoms with van der Waals surface area (Å²) >= 11 is 0. The van der Waals surface area contributed by atoms with Crippen molar-refractivity contribution in [3.63, 3.8) is 0 Å². The summed E-state index contributed by atoms with van der Waals surface area (Å²) in [5.41, 5.74) is 3.62. The van der Waals surface area contributed by atoms with Gasteiger partial charge in [0.1, 0.15) is 12.1 Å². The van der Waals surface area contributed by atoms with Gasteiger partial charge in [0, 0.05) is 18.9 Å². The van der Waals surface area contributed by atoms with Gasteiger partial charge in [0.25, 0.3) is 0 Å². The Hall–Kier alpha value is -3.35. The van der Waals surface area contributed by atoms with Crippen LogP contribution in [0.25, 0.3) is 11.1 Å². The molecule has 7 heteroatoms. The van der Waals surface area contributed by atoms with Crippen LogP contribution in [0.15, 0.2) is 48.5 Å². The van der Waals surface area contributed by atoms with E-state index >= 15 is 0 Å². The number of carboxylic acid groups (broad SMARTS) is 1. The van der Waals surface area contributed by atoms with Gasteiger partial charge >= 0.3 is 12.1 Å². The Balaban J connectivity index is 1.17. The Morgan fingerprint density at radius 3 is 2.16 bits per heavy atom. The quantitative estimate of drug-likeness (QED) is 0.519. The largest absolute Gasteiger partial charge is 0.480 e. The third-order valence-corrected chi connectivity index (χ3v) is 6.44. The van der Waals surface area contributed by atoms with E-state index in [-0.39, 0.29) is 24.9 Å². The smallest absolute Gasteiger partial charge is 0.407 e. The van der Waals surface area contributed by atoms with Crippen LogP contribution < -0.4 is 10.6 Å². The van der Waals surface area contributed by atoms with Crippen LogP contribution in [0.5, 0.6) is 0 Å². The first-order valence-corrected chi connectivity index (χ1v) is 11.1. The maximum atomic E-state index is 12.2. The topological polar surface area (TPSA) is 105 Å². The van der Waals surface area contributed by atoms with Crippen LogP contribution in [0.3, 0.4) is 0 Å². The number of carbonyl (C=O) groups is 3. The molecular weight excluding hydrogens is 408 g/mol. The fourth-order valence-corrected chi connectivity index (χ4v) is 4.50. The van der Waals surface area contributed by atoms with Crippen LogP contribution in [0.1, 0.15) is 55.6 Å². The highest BCUT2D eigenvalue weighted by atomic mass is 16.5. The molecule has 2 aromatic carbocycles. The second-order valence-electron chi connectivity index (χ2n) is 8.50. The van der Waals surface area contributed by atoms with Crippen molar-refractivity contribution in [1.82, 2.24) is 10.6 Å². The summed E-state index contributed by atoms with van der Waals surface area (Å²) in [5, 5.41) is 14.6. The fraction of sp³-hybridized carbons (Fsp3) is 0.400. The molecule has 32 heavy (non-hydrogen) atoms. The van der Waals surface area contributed by atoms with Crippen LogP contribution in [-0.4, -0.2) is 41.8 Å². The van der Waals surface area contributed by atoms with Crippen molar-refractivity contribution in [1.29, 1.82) is 0 Å². The number of rotatable bonds is 9. The van der Waals surface area contributed by atoms with Crippen LogP contribution >= 0.6 is 0 Å². The van der Waals surface area contributed by atoms with E-state index in [1.165, 1.54) is 11.1 Å². The minimum Gasteiger partial charge on any atom is -0.480 e. The third kappa shape index (κ3) is 4.47. The Morgan fingerprint density at radius 1 is 0.969 bits per heavy atom. The van der Waals surface area contributed by atoms with Crippen molar-refractivity contribution < 1.29 is 24.2 Å². The number of carbonyl (C=O) groups excluding carboxylic acids is 2. The van der Waals surface area contributed by atoms with Gasteiger partial charge in [-0.3, -0.25) is 4.79 Å². The van der Waals surface area contributed by atoms with E-state index in [1.54, 1.807) is 0 Å². The number of hydrogen-bond acceptors (Lipinski definition) is 4. The maximum absolute atomic E-state index is 12.2. The number of aliphatic carboxylic acids is 1. The third-order valence-electron chi connectivity index (χ3n) is 6.44. The van der Waals surface area contributed by atoms with E-state index in [9.17, 15) is 19.5 Å². The van der Waals surface area contributed by atoms with Crippen molar-refractivity contribution in [3.8, 4) is 11.1 Å². The molecule has 1 fully saturated rings. The standard InChI is InChI=1S/C25H28N2O5/c28-22(27-25(23(29)30)13-7-14-25)12-5-6-15-26-24(31)32-16-21-19-10-3-1-8-17(19)18-9-2-4-11-20(18)21/h1-4,8-11,21H,5-7,12-16H2,(H,26,31)(H,27,28)(H,29,30). The molecule has 1 saturated carbocycles. The van der Waals surface area contributed by atoms with E-state index in [0.29, 0.717) is 32.2 Å². The SMILES string of the molecule is O=C(CCCCNC(=O)OCC1c2ccccc2-c2ccccc21)NC1(C(=O)O)CCC1. The molecule has 2 aromatic rings. The molecule has 0 atom stereocenters. The van der Waals surface area contributed by atoms with Gasteiger partial charge in [0.05, 0.1) is 0 Å². The molecule has 0 spiro atoms. The zero-order valence-corrected chi connectivity index (χ0v) is 17.9. The lowest BCUT2D eigenvalue weighted by molar-refractivity contribution is -0.151. The molecule has 3 N–H and O–H groups in total. The lowest BCUT2D eigenvalue weighted by atomic mass is 9.76. The number of nitrogens with one attached hydrogen (secondary N) is 2. The van der Waals surface area contributed by atoms with Crippen LogP contribution in [0, 0.1) is 0 Å². The van der Waals surface area contributed by atoms with Gasteiger partial charge in [-0.1, -0.05) is 48.5 Å². The molecule has 4 rings (SSSR count). The van der Waals surface area contributed by atoms with Crippen molar-refractivity contribution in [2.75, 3.05) is 13.2 Å². The summed E-state index contributed by atoms with van der Waals surface area (Å²) < 4.78 is 5.49. The molecule has 7 nitrogen and oxygen atoms in total. The maximum Gasteiger partial charge on any atom is 0.407 e. The number of alkyl carbamates (subject to hydrolysis) is 1. The summed E-state index contributed by atoms with van der Waals surface area (Å²) in [6.07, 6.45) is 2.71. The van der Waals surface area contributed by atoms with E-state index in [0.717, 1.165) is 17.5 Å². The Morgan fingerprint density at radius 2 is 1.59 bits per heavy atom. The molecule has 0 saturated heterocycles. The van der Waals surface area contributed by atoms with E-state index < -0.39 is 17.6 Å². The number of benzene rings is 2. The van der Waals surface area contributed by atoms with Crippen LogP contribution in [-0.2, 0) is 14.3 Å². The van der Waals surface area contributed by atoms with Gasteiger partial charge in [-0.05, 0) is 54.4 Å². The lowest BCUT2D eigenvalue weighted by Crippen LogP contribution is -2.59. The lowest BCUT2D eigenvalue weighted by Gasteiger charge is -2.38. The van der Waals surface area contributed by atoms with E-state index in [1.807, 2.05) is 24.3 Å².